The molecule has 3 aromatic rings. The Labute approximate surface area is 236 Å². The number of nitrogens with zero attached hydrogens (tertiary/aromatic N) is 4. The Kier molecular flexibility index (Phi) is 9.06. The number of amides is 2. The van der Waals surface area contributed by atoms with E-state index in [-0.39, 0.29) is 16.8 Å². The van der Waals surface area contributed by atoms with Gasteiger partial charge < -0.3 is 34.5 Å². The quantitative estimate of drug-likeness (QED) is 0.315. The van der Waals surface area contributed by atoms with Crippen LogP contribution >= 0.6 is 11.3 Å². The number of ether oxygens (including phenoxy) is 4. The normalized spacial score (nSPS) is 14.8. The van der Waals surface area contributed by atoms with Crippen LogP contribution in [-0.2, 0) is 16.0 Å². The second-order valence-electron chi connectivity index (χ2n) is 9.12. The molecule has 40 heavy (non-hydrogen) atoms. The predicted octanol–water partition coefficient (Wildman–Crippen LogP) is 2.41. The summed E-state index contributed by atoms with van der Waals surface area (Å²) in [5.41, 5.74) is 2.82. The number of rotatable bonds is 12. The summed E-state index contributed by atoms with van der Waals surface area (Å²) < 4.78 is 21.8. The van der Waals surface area contributed by atoms with Crippen molar-refractivity contribution < 1.29 is 28.5 Å². The summed E-state index contributed by atoms with van der Waals surface area (Å²) in [6, 6.07) is 5.40. The lowest BCUT2D eigenvalue weighted by Crippen LogP contribution is -2.43. The number of nitrogens with one attached hydrogen (secondary N) is 2. The number of thiazole rings is 1. The van der Waals surface area contributed by atoms with Crippen molar-refractivity contribution in [2.75, 3.05) is 81.9 Å². The summed E-state index contributed by atoms with van der Waals surface area (Å²) >= 11 is 1.18. The zero-order valence-electron chi connectivity index (χ0n) is 22.5. The Morgan fingerprint density at radius 1 is 1.07 bits per heavy atom. The number of carbonyl (C=O) groups excluding carboxylic acids is 2. The maximum absolute atomic E-state index is 13.4. The van der Waals surface area contributed by atoms with E-state index >= 15 is 0 Å². The van der Waals surface area contributed by atoms with Crippen LogP contribution in [0.3, 0.4) is 0 Å². The standard InChI is InChI=1S/C27H32N6O6S/c1-36-9-11-38-22-13-18-16-33(27(35)19(18)14-23(22)39-12-10-37-2)24-17-40-26(31-24)25(34)30-20-15-29-4-3-21(20)32-7-5-28-6-8-32/h3-4,13-15,17,28H,5-12,16H2,1-2H3,(H,30,34). The lowest BCUT2D eigenvalue weighted by atomic mass is 10.1. The molecular weight excluding hydrogens is 536 g/mol. The van der Waals surface area contributed by atoms with Crippen LogP contribution in [0.25, 0.3) is 0 Å². The molecule has 0 unspecified atom stereocenters. The van der Waals surface area contributed by atoms with Gasteiger partial charge in [0.05, 0.1) is 37.3 Å². The van der Waals surface area contributed by atoms with Crippen LogP contribution < -0.4 is 29.9 Å². The third kappa shape index (κ3) is 6.17. The van der Waals surface area contributed by atoms with Crippen LogP contribution in [0.1, 0.15) is 25.7 Å². The average Bonchev–Trinajstić information content (AvgIpc) is 3.59. The third-order valence-electron chi connectivity index (χ3n) is 6.53. The lowest BCUT2D eigenvalue weighted by molar-refractivity contribution is 0.0990. The first-order valence-electron chi connectivity index (χ1n) is 13.0. The Morgan fingerprint density at radius 3 is 2.52 bits per heavy atom. The van der Waals surface area contributed by atoms with Gasteiger partial charge in [0.1, 0.15) is 19.0 Å². The molecule has 5 rings (SSSR count). The molecule has 2 N–H and O–H groups in total. The number of aromatic nitrogens is 2. The van der Waals surface area contributed by atoms with Gasteiger partial charge in [-0.15, -0.1) is 11.3 Å². The van der Waals surface area contributed by atoms with Crippen LogP contribution in [0, 0.1) is 0 Å². The monoisotopic (exact) mass is 568 g/mol. The molecule has 13 heteroatoms. The maximum Gasteiger partial charge on any atom is 0.284 e. The van der Waals surface area contributed by atoms with Crippen molar-refractivity contribution in [2.24, 2.45) is 0 Å². The second kappa shape index (κ2) is 13.0. The molecule has 212 valence electrons. The average molecular weight is 569 g/mol. The number of carbonyl (C=O) groups is 2. The molecule has 4 heterocycles. The first kappa shape index (κ1) is 27.8. The van der Waals surface area contributed by atoms with Gasteiger partial charge in [0, 0.05) is 57.5 Å². The molecule has 2 aliphatic heterocycles. The van der Waals surface area contributed by atoms with Gasteiger partial charge >= 0.3 is 0 Å². The van der Waals surface area contributed by atoms with Crippen molar-refractivity contribution in [3.05, 3.63) is 52.1 Å². The van der Waals surface area contributed by atoms with E-state index < -0.39 is 0 Å². The number of pyridine rings is 1. The number of hydrogen-bond donors (Lipinski definition) is 2. The highest BCUT2D eigenvalue weighted by Crippen LogP contribution is 2.37. The van der Waals surface area contributed by atoms with Crippen molar-refractivity contribution in [2.45, 2.75) is 6.54 Å². The zero-order valence-corrected chi connectivity index (χ0v) is 23.3. The Morgan fingerprint density at radius 2 is 1.80 bits per heavy atom. The molecule has 0 spiro atoms. The second-order valence-corrected chi connectivity index (χ2v) is 9.98. The fraction of sp³-hybridized carbons (Fsp3) is 0.407. The minimum Gasteiger partial charge on any atom is -0.487 e. The van der Waals surface area contributed by atoms with Crippen LogP contribution in [0.2, 0.25) is 0 Å². The number of hydrogen-bond acceptors (Lipinski definition) is 11. The van der Waals surface area contributed by atoms with Crippen molar-refractivity contribution in [1.82, 2.24) is 15.3 Å². The molecule has 0 radical (unpaired) electrons. The minimum atomic E-state index is -0.354. The van der Waals surface area contributed by atoms with Gasteiger partial charge in [-0.3, -0.25) is 19.5 Å². The zero-order chi connectivity index (χ0) is 27.9. The summed E-state index contributed by atoms with van der Waals surface area (Å²) in [5, 5.41) is 8.24. The number of anilines is 3. The minimum absolute atomic E-state index is 0.222. The highest BCUT2D eigenvalue weighted by Gasteiger charge is 2.32. The highest BCUT2D eigenvalue weighted by molar-refractivity contribution is 7.12. The van der Waals surface area contributed by atoms with E-state index in [1.54, 1.807) is 43.0 Å². The Bertz CT molecular complexity index is 1340. The first-order valence-corrected chi connectivity index (χ1v) is 13.9. The highest BCUT2D eigenvalue weighted by atomic mass is 32.1. The van der Waals surface area contributed by atoms with Crippen LogP contribution in [0.15, 0.2) is 36.0 Å². The van der Waals surface area contributed by atoms with E-state index in [9.17, 15) is 9.59 Å². The largest absolute Gasteiger partial charge is 0.487 e. The fourth-order valence-electron chi connectivity index (χ4n) is 4.53. The molecule has 1 saturated heterocycles. The number of piperazine rings is 1. The molecule has 2 amide bonds. The van der Waals surface area contributed by atoms with E-state index in [2.05, 4.69) is 25.5 Å². The SMILES string of the molecule is COCCOc1cc2c(cc1OCCOC)C(=O)N(c1csc(C(=O)Nc3cnccc3N3CCNCC3)n1)C2. The van der Waals surface area contributed by atoms with Gasteiger partial charge in [0.15, 0.2) is 16.5 Å². The predicted molar refractivity (Wildman–Crippen MR) is 151 cm³/mol. The fourth-order valence-corrected chi connectivity index (χ4v) is 5.24. The van der Waals surface area contributed by atoms with Gasteiger partial charge in [-0.05, 0) is 23.8 Å². The van der Waals surface area contributed by atoms with E-state index in [4.69, 9.17) is 18.9 Å². The van der Waals surface area contributed by atoms with Crippen LogP contribution in [0.4, 0.5) is 17.2 Å². The van der Waals surface area contributed by atoms with E-state index in [0.717, 1.165) is 37.4 Å². The topological polar surface area (TPSA) is 127 Å². The van der Waals surface area contributed by atoms with Gasteiger partial charge in [-0.2, -0.15) is 0 Å². The van der Waals surface area contributed by atoms with Gasteiger partial charge in [0.25, 0.3) is 11.8 Å². The maximum atomic E-state index is 13.4. The van der Waals surface area contributed by atoms with E-state index in [1.165, 1.54) is 11.3 Å². The molecule has 0 atom stereocenters. The molecule has 2 aromatic heterocycles. The number of methoxy groups -OCH3 is 2. The summed E-state index contributed by atoms with van der Waals surface area (Å²) in [4.78, 5) is 39.0. The summed E-state index contributed by atoms with van der Waals surface area (Å²) in [7, 11) is 3.19. The molecule has 1 fully saturated rings. The molecule has 0 saturated carbocycles. The third-order valence-corrected chi connectivity index (χ3v) is 7.36. The molecule has 2 aliphatic rings. The number of fused-ring (bicyclic) bond motifs is 1. The van der Waals surface area contributed by atoms with Crippen molar-refractivity contribution in [1.29, 1.82) is 0 Å². The van der Waals surface area contributed by atoms with E-state index in [1.807, 2.05) is 12.1 Å². The lowest BCUT2D eigenvalue weighted by Gasteiger charge is -2.30. The molecule has 1 aromatic carbocycles. The first-order chi connectivity index (χ1) is 19.6. The molecule has 0 bridgehead atoms. The van der Waals surface area contributed by atoms with E-state index in [0.29, 0.717) is 61.5 Å². The van der Waals surface area contributed by atoms with Crippen molar-refractivity contribution >= 4 is 40.3 Å². The van der Waals surface area contributed by atoms with Crippen molar-refractivity contribution in [3.8, 4) is 11.5 Å². The van der Waals surface area contributed by atoms with Gasteiger partial charge in [-0.25, -0.2) is 4.98 Å². The van der Waals surface area contributed by atoms with Crippen LogP contribution in [0.5, 0.6) is 11.5 Å². The summed E-state index contributed by atoms with van der Waals surface area (Å²) in [5.74, 6) is 0.815. The number of benzene rings is 1. The molecular formula is C27H32N6O6S. The van der Waals surface area contributed by atoms with Gasteiger partial charge in [0.2, 0.25) is 0 Å². The molecule has 12 nitrogen and oxygen atoms in total. The Balaban J connectivity index is 1.31. The summed E-state index contributed by atoms with van der Waals surface area (Å²) in [6.45, 7) is 5.19. The summed E-state index contributed by atoms with van der Waals surface area (Å²) in [6.07, 6.45) is 3.36. The Hall–Kier alpha value is -3.78. The van der Waals surface area contributed by atoms with Gasteiger partial charge in [-0.1, -0.05) is 0 Å². The molecule has 0 aliphatic carbocycles. The van der Waals surface area contributed by atoms with Crippen molar-refractivity contribution in [3.63, 3.8) is 0 Å². The smallest absolute Gasteiger partial charge is 0.284 e. The van der Waals surface area contributed by atoms with Crippen LogP contribution in [-0.4, -0.2) is 88.6 Å².